The van der Waals surface area contributed by atoms with Crippen molar-refractivity contribution < 1.29 is 0 Å². The zero-order chi connectivity index (χ0) is 9.84. The van der Waals surface area contributed by atoms with Crippen molar-refractivity contribution in [1.29, 1.82) is 0 Å². The number of nitrogens with one attached hydrogen (secondary N) is 1. The molecule has 0 spiro atoms. The Hall–Kier alpha value is -0.990. The summed E-state index contributed by atoms with van der Waals surface area (Å²) in [4.78, 5) is 0. The first kappa shape index (κ1) is 10.1. The van der Waals surface area contributed by atoms with Gasteiger partial charge in [0.25, 0.3) is 0 Å². The third-order valence-corrected chi connectivity index (χ3v) is 1.69. The van der Waals surface area contributed by atoms with E-state index in [9.17, 15) is 0 Å². The molecule has 1 N–H and O–H groups in total. The Morgan fingerprint density at radius 3 is 2.62 bits per heavy atom. The number of nitrogens with zero attached hydrogens (tertiary/aromatic N) is 2. The van der Waals surface area contributed by atoms with Gasteiger partial charge in [-0.05, 0) is 19.8 Å². The van der Waals surface area contributed by atoms with Gasteiger partial charge in [0.15, 0.2) is 0 Å². The van der Waals surface area contributed by atoms with Crippen molar-refractivity contribution in [3.05, 3.63) is 12.3 Å². The lowest BCUT2D eigenvalue weighted by Crippen LogP contribution is -2.16. The second kappa shape index (κ2) is 4.30. The van der Waals surface area contributed by atoms with Crippen LogP contribution < -0.4 is 5.32 Å². The molecule has 1 aromatic rings. The quantitative estimate of drug-likeness (QED) is 0.772. The largest absolute Gasteiger partial charge is 0.368 e. The molecule has 0 aliphatic carbocycles. The van der Waals surface area contributed by atoms with E-state index in [1.807, 2.05) is 16.9 Å². The molecule has 0 atom stereocenters. The minimum atomic E-state index is 0.461. The topological polar surface area (TPSA) is 29.9 Å². The van der Waals surface area contributed by atoms with Gasteiger partial charge in [0.1, 0.15) is 5.82 Å². The van der Waals surface area contributed by atoms with Gasteiger partial charge < -0.3 is 5.32 Å². The van der Waals surface area contributed by atoms with Crippen LogP contribution in [0.4, 0.5) is 5.82 Å². The molecule has 0 amide bonds. The monoisotopic (exact) mass is 181 g/mol. The molecule has 3 nitrogen and oxygen atoms in total. The number of anilines is 1. The maximum atomic E-state index is 4.26. The van der Waals surface area contributed by atoms with Crippen molar-refractivity contribution >= 4 is 5.82 Å². The van der Waals surface area contributed by atoms with E-state index in [0.29, 0.717) is 12.0 Å². The van der Waals surface area contributed by atoms with Gasteiger partial charge in [-0.1, -0.05) is 13.8 Å². The highest BCUT2D eigenvalue weighted by atomic mass is 15.3. The van der Waals surface area contributed by atoms with Gasteiger partial charge in [-0.2, -0.15) is 5.10 Å². The molecular weight excluding hydrogens is 162 g/mol. The Kier molecular flexibility index (Phi) is 3.34. The predicted octanol–water partition coefficient (Wildman–Crippen LogP) is 2.36. The molecule has 0 aliphatic rings. The molecule has 74 valence electrons. The van der Waals surface area contributed by atoms with Gasteiger partial charge in [0.05, 0.1) is 6.20 Å². The third-order valence-electron chi connectivity index (χ3n) is 1.69. The lowest BCUT2D eigenvalue weighted by atomic mass is 10.2. The highest BCUT2D eigenvalue weighted by Crippen LogP contribution is 2.10. The minimum absolute atomic E-state index is 0.461. The van der Waals surface area contributed by atoms with Crippen LogP contribution >= 0.6 is 0 Å². The van der Waals surface area contributed by atoms with Crippen LogP contribution in [0.5, 0.6) is 0 Å². The highest BCUT2D eigenvalue weighted by Gasteiger charge is 2.04. The molecule has 1 heterocycles. The fourth-order valence-corrected chi connectivity index (χ4v) is 1.24. The van der Waals surface area contributed by atoms with Crippen molar-refractivity contribution in [3.8, 4) is 0 Å². The van der Waals surface area contributed by atoms with E-state index in [0.717, 1.165) is 12.4 Å². The molecule has 3 heteroatoms. The van der Waals surface area contributed by atoms with Crippen molar-refractivity contribution in [3.63, 3.8) is 0 Å². The summed E-state index contributed by atoms with van der Waals surface area (Å²) in [6.45, 7) is 9.63. The van der Waals surface area contributed by atoms with E-state index in [1.54, 1.807) is 0 Å². The number of hydrogen-bond donors (Lipinski definition) is 1. The minimum Gasteiger partial charge on any atom is -0.368 e. The first-order valence-corrected chi connectivity index (χ1v) is 4.88. The van der Waals surface area contributed by atoms with Gasteiger partial charge in [0.2, 0.25) is 0 Å². The van der Waals surface area contributed by atoms with Crippen LogP contribution in [0.15, 0.2) is 12.3 Å². The second-order valence-electron chi connectivity index (χ2n) is 4.09. The summed E-state index contributed by atoms with van der Waals surface area (Å²) in [6, 6.07) is 2.48. The normalized spacial score (nSPS) is 11.2. The molecular formula is C10H19N3. The molecule has 0 fully saturated rings. The van der Waals surface area contributed by atoms with E-state index < -0.39 is 0 Å². The zero-order valence-electron chi connectivity index (χ0n) is 8.91. The van der Waals surface area contributed by atoms with Crippen LogP contribution in [0.1, 0.15) is 27.7 Å². The third kappa shape index (κ3) is 3.09. The molecule has 0 unspecified atom stereocenters. The second-order valence-corrected chi connectivity index (χ2v) is 4.09. The summed E-state index contributed by atoms with van der Waals surface area (Å²) in [5.74, 6) is 1.75. The fourth-order valence-electron chi connectivity index (χ4n) is 1.24. The van der Waals surface area contributed by atoms with Crippen molar-refractivity contribution in [1.82, 2.24) is 9.78 Å². The summed E-state index contributed by atoms with van der Waals surface area (Å²) in [6.07, 6.45) is 1.84. The highest BCUT2D eigenvalue weighted by molar-refractivity contribution is 5.34. The summed E-state index contributed by atoms with van der Waals surface area (Å²) < 4.78 is 2.02. The fraction of sp³-hybridized carbons (Fsp3) is 0.700. The van der Waals surface area contributed by atoms with E-state index in [1.165, 1.54) is 0 Å². The van der Waals surface area contributed by atoms with Gasteiger partial charge in [-0.25, -0.2) is 4.68 Å². The molecule has 0 saturated carbocycles. The molecule has 0 saturated heterocycles. The Morgan fingerprint density at radius 1 is 1.38 bits per heavy atom. The van der Waals surface area contributed by atoms with Gasteiger partial charge in [0, 0.05) is 18.7 Å². The summed E-state index contributed by atoms with van der Waals surface area (Å²) in [5.41, 5.74) is 0. The van der Waals surface area contributed by atoms with E-state index in [4.69, 9.17) is 0 Å². The van der Waals surface area contributed by atoms with Crippen LogP contribution in [0.25, 0.3) is 0 Å². The maximum Gasteiger partial charge on any atom is 0.124 e. The molecule has 0 aromatic carbocycles. The van der Waals surface area contributed by atoms with Crippen molar-refractivity contribution in [2.24, 2.45) is 5.92 Å². The number of aromatic nitrogens is 2. The van der Waals surface area contributed by atoms with Gasteiger partial charge in [-0.3, -0.25) is 0 Å². The van der Waals surface area contributed by atoms with E-state index in [2.05, 4.69) is 38.1 Å². The Bertz CT molecular complexity index is 226. The predicted molar refractivity (Wildman–Crippen MR) is 55.8 cm³/mol. The smallest absolute Gasteiger partial charge is 0.124 e. The van der Waals surface area contributed by atoms with Crippen LogP contribution in [0.3, 0.4) is 0 Å². The molecule has 0 radical (unpaired) electrons. The molecule has 1 rings (SSSR count). The van der Waals surface area contributed by atoms with Gasteiger partial charge in [-0.15, -0.1) is 0 Å². The van der Waals surface area contributed by atoms with Crippen LogP contribution in [0.2, 0.25) is 0 Å². The Labute approximate surface area is 80.1 Å². The van der Waals surface area contributed by atoms with Crippen LogP contribution in [0, 0.1) is 5.92 Å². The number of hydrogen-bond acceptors (Lipinski definition) is 2. The molecule has 0 aliphatic heterocycles. The number of rotatable bonds is 4. The van der Waals surface area contributed by atoms with Gasteiger partial charge >= 0.3 is 0 Å². The van der Waals surface area contributed by atoms with Crippen LogP contribution in [-0.2, 0) is 6.54 Å². The molecule has 13 heavy (non-hydrogen) atoms. The van der Waals surface area contributed by atoms with Crippen molar-refractivity contribution in [2.75, 3.05) is 5.32 Å². The van der Waals surface area contributed by atoms with Crippen LogP contribution in [-0.4, -0.2) is 15.8 Å². The molecule has 1 aromatic heterocycles. The first-order valence-electron chi connectivity index (χ1n) is 4.88. The first-order chi connectivity index (χ1) is 6.09. The van der Waals surface area contributed by atoms with E-state index in [-0.39, 0.29) is 0 Å². The Balaban J connectivity index is 2.65. The summed E-state index contributed by atoms with van der Waals surface area (Å²) in [5, 5.41) is 7.62. The summed E-state index contributed by atoms with van der Waals surface area (Å²) >= 11 is 0. The zero-order valence-corrected chi connectivity index (χ0v) is 8.91. The maximum absolute atomic E-state index is 4.26. The Morgan fingerprint density at radius 2 is 2.08 bits per heavy atom. The average molecular weight is 181 g/mol. The average Bonchev–Trinajstić information content (AvgIpc) is 2.34. The van der Waals surface area contributed by atoms with Crippen molar-refractivity contribution in [2.45, 2.75) is 40.3 Å². The summed E-state index contributed by atoms with van der Waals surface area (Å²) in [7, 11) is 0. The van der Waals surface area contributed by atoms with E-state index >= 15 is 0 Å². The lowest BCUT2D eigenvalue weighted by molar-refractivity contribution is 0.486. The standard InChI is InChI=1S/C10H19N3/c1-8(2)7-13-10(5-6-11-13)12-9(3)4/h5-6,8-9,12H,7H2,1-4H3. The SMILES string of the molecule is CC(C)Cn1nccc1NC(C)C. The lowest BCUT2D eigenvalue weighted by Gasteiger charge is -2.13. The molecule has 0 bridgehead atoms.